The number of anilines is 1. The van der Waals surface area contributed by atoms with Crippen molar-refractivity contribution in [1.82, 2.24) is 15.3 Å². The second-order valence-corrected chi connectivity index (χ2v) is 6.59. The Labute approximate surface area is 131 Å². The van der Waals surface area contributed by atoms with Gasteiger partial charge in [-0.2, -0.15) is 0 Å². The highest BCUT2D eigenvalue weighted by atomic mass is 35.5. The summed E-state index contributed by atoms with van der Waals surface area (Å²) in [5.74, 6) is 1.37. The number of aromatic nitrogens is 2. The van der Waals surface area contributed by atoms with Crippen LogP contribution in [-0.2, 0) is 10.2 Å². The van der Waals surface area contributed by atoms with Crippen molar-refractivity contribution in [3.8, 4) is 0 Å². The molecule has 0 radical (unpaired) electrons. The second kappa shape index (κ2) is 7.59. The van der Waals surface area contributed by atoms with Crippen LogP contribution in [0, 0.1) is 0 Å². The fourth-order valence-corrected chi connectivity index (χ4v) is 1.78. The molecule has 2 N–H and O–H groups in total. The van der Waals surface area contributed by atoms with E-state index in [9.17, 15) is 4.79 Å². The lowest BCUT2D eigenvalue weighted by Gasteiger charge is -2.18. The Kier molecular flexibility index (Phi) is 6.40. The Morgan fingerprint density at radius 2 is 2.05 bits per heavy atom. The van der Waals surface area contributed by atoms with E-state index in [4.69, 9.17) is 11.6 Å². The van der Waals surface area contributed by atoms with Gasteiger partial charge in [0, 0.05) is 30.5 Å². The van der Waals surface area contributed by atoms with Gasteiger partial charge in [-0.05, 0) is 13.3 Å². The van der Waals surface area contributed by atoms with E-state index in [1.54, 1.807) is 6.07 Å². The highest BCUT2D eigenvalue weighted by Gasteiger charge is 2.18. The van der Waals surface area contributed by atoms with Crippen LogP contribution in [0.1, 0.15) is 53.3 Å². The molecule has 0 spiro atoms. The number of amides is 1. The highest BCUT2D eigenvalue weighted by Crippen LogP contribution is 2.22. The van der Waals surface area contributed by atoms with Crippen molar-refractivity contribution >= 4 is 23.3 Å². The van der Waals surface area contributed by atoms with Gasteiger partial charge in [-0.3, -0.25) is 4.79 Å². The van der Waals surface area contributed by atoms with E-state index in [1.807, 2.05) is 34.6 Å². The first kappa shape index (κ1) is 17.7. The van der Waals surface area contributed by atoms with Crippen molar-refractivity contribution in [3.05, 3.63) is 17.0 Å². The van der Waals surface area contributed by atoms with Crippen LogP contribution in [-0.4, -0.2) is 28.5 Å². The third-order valence-electron chi connectivity index (χ3n) is 3.04. The van der Waals surface area contributed by atoms with Gasteiger partial charge < -0.3 is 10.6 Å². The number of hydrogen-bond acceptors (Lipinski definition) is 4. The van der Waals surface area contributed by atoms with E-state index in [-0.39, 0.29) is 17.4 Å². The summed E-state index contributed by atoms with van der Waals surface area (Å²) in [5.41, 5.74) is -0.171. The van der Waals surface area contributed by atoms with Gasteiger partial charge in [0.25, 0.3) is 0 Å². The summed E-state index contributed by atoms with van der Waals surface area (Å²) in [6.07, 6.45) is 1.33. The van der Waals surface area contributed by atoms with Crippen LogP contribution in [0.2, 0.25) is 5.15 Å². The molecule has 0 aromatic carbocycles. The lowest BCUT2D eigenvalue weighted by atomic mass is 9.96. The molecule has 0 aliphatic rings. The van der Waals surface area contributed by atoms with Crippen molar-refractivity contribution < 1.29 is 4.79 Å². The summed E-state index contributed by atoms with van der Waals surface area (Å²) < 4.78 is 0. The molecule has 5 nitrogen and oxygen atoms in total. The SMILES string of the molecule is CCC(C)NC(=O)CCNc1cc(Cl)nc(C(C)(C)C)n1. The predicted molar refractivity (Wildman–Crippen MR) is 86.7 cm³/mol. The molecule has 0 saturated carbocycles. The predicted octanol–water partition coefficient (Wildman–Crippen LogP) is 3.14. The molecule has 0 saturated heterocycles. The summed E-state index contributed by atoms with van der Waals surface area (Å²) >= 11 is 6.01. The van der Waals surface area contributed by atoms with Gasteiger partial charge in [-0.15, -0.1) is 0 Å². The summed E-state index contributed by atoms with van der Waals surface area (Å²) in [4.78, 5) is 20.4. The van der Waals surface area contributed by atoms with Crippen molar-refractivity contribution in [2.45, 2.75) is 58.9 Å². The minimum atomic E-state index is -0.171. The third kappa shape index (κ3) is 6.29. The second-order valence-electron chi connectivity index (χ2n) is 6.20. The zero-order valence-electron chi connectivity index (χ0n) is 13.5. The van der Waals surface area contributed by atoms with Crippen molar-refractivity contribution in [3.63, 3.8) is 0 Å². The monoisotopic (exact) mass is 312 g/mol. The average Bonchev–Trinajstić information content (AvgIpc) is 2.36. The summed E-state index contributed by atoms with van der Waals surface area (Å²) in [6, 6.07) is 1.88. The van der Waals surface area contributed by atoms with Crippen LogP contribution < -0.4 is 10.6 Å². The number of hydrogen-bond donors (Lipinski definition) is 2. The van der Waals surface area contributed by atoms with Crippen molar-refractivity contribution in [2.75, 3.05) is 11.9 Å². The van der Waals surface area contributed by atoms with E-state index < -0.39 is 0 Å². The zero-order valence-corrected chi connectivity index (χ0v) is 14.2. The molecule has 0 fully saturated rings. The maximum Gasteiger partial charge on any atom is 0.221 e. The van der Waals surface area contributed by atoms with Gasteiger partial charge in [-0.1, -0.05) is 39.3 Å². The van der Waals surface area contributed by atoms with E-state index in [1.165, 1.54) is 0 Å². The minimum absolute atomic E-state index is 0.0352. The number of nitrogens with zero attached hydrogens (tertiary/aromatic N) is 2. The van der Waals surface area contributed by atoms with Gasteiger partial charge >= 0.3 is 0 Å². The standard InChI is InChI=1S/C15H25ClN4O/c1-6-10(2)18-13(21)7-8-17-12-9-11(16)19-14(20-12)15(3,4)5/h9-10H,6-8H2,1-5H3,(H,18,21)(H,17,19,20). The van der Waals surface area contributed by atoms with E-state index >= 15 is 0 Å². The molecule has 1 amide bonds. The van der Waals surface area contributed by atoms with Gasteiger partial charge in [0.15, 0.2) is 0 Å². The summed E-state index contributed by atoms with van der Waals surface area (Å²) in [7, 11) is 0. The summed E-state index contributed by atoms with van der Waals surface area (Å²) in [6.45, 7) is 10.6. The molecule has 1 unspecified atom stereocenters. The first-order chi connectivity index (χ1) is 9.72. The molecular weight excluding hydrogens is 288 g/mol. The number of halogens is 1. The third-order valence-corrected chi connectivity index (χ3v) is 3.24. The Balaban J connectivity index is 2.56. The smallest absolute Gasteiger partial charge is 0.221 e. The molecule has 0 bridgehead atoms. The zero-order chi connectivity index (χ0) is 16.0. The van der Waals surface area contributed by atoms with E-state index in [0.29, 0.717) is 29.8 Å². The maximum atomic E-state index is 11.7. The number of carbonyl (C=O) groups excluding carboxylic acids is 1. The summed E-state index contributed by atoms with van der Waals surface area (Å²) in [5, 5.41) is 6.45. The topological polar surface area (TPSA) is 66.9 Å². The van der Waals surface area contributed by atoms with Crippen molar-refractivity contribution in [2.24, 2.45) is 0 Å². The van der Waals surface area contributed by atoms with Crippen LogP contribution in [0.15, 0.2) is 6.07 Å². The molecule has 0 aliphatic carbocycles. The van der Waals surface area contributed by atoms with Gasteiger partial charge in [0.1, 0.15) is 16.8 Å². The largest absolute Gasteiger partial charge is 0.369 e. The Morgan fingerprint density at radius 3 is 2.62 bits per heavy atom. The molecular formula is C15H25ClN4O. The molecule has 6 heteroatoms. The quantitative estimate of drug-likeness (QED) is 0.792. The van der Waals surface area contributed by atoms with Crippen molar-refractivity contribution in [1.29, 1.82) is 0 Å². The average molecular weight is 313 g/mol. The Bertz CT molecular complexity index is 485. The first-order valence-corrected chi connectivity index (χ1v) is 7.68. The fraction of sp³-hybridized carbons (Fsp3) is 0.667. The molecule has 118 valence electrons. The molecule has 1 atom stereocenters. The van der Waals surface area contributed by atoms with Gasteiger partial charge in [0.05, 0.1) is 0 Å². The fourth-order valence-electron chi connectivity index (χ4n) is 1.60. The molecule has 1 heterocycles. The van der Waals surface area contributed by atoms with Gasteiger partial charge in [-0.25, -0.2) is 9.97 Å². The van der Waals surface area contributed by atoms with Crippen LogP contribution in [0.3, 0.4) is 0 Å². The minimum Gasteiger partial charge on any atom is -0.369 e. The normalized spacial score (nSPS) is 12.9. The number of nitrogens with one attached hydrogen (secondary N) is 2. The Hall–Kier alpha value is -1.36. The lowest BCUT2D eigenvalue weighted by molar-refractivity contribution is -0.121. The van der Waals surface area contributed by atoms with E-state index in [0.717, 1.165) is 6.42 Å². The molecule has 1 aromatic heterocycles. The maximum absolute atomic E-state index is 11.7. The van der Waals surface area contributed by atoms with Gasteiger partial charge in [0.2, 0.25) is 5.91 Å². The van der Waals surface area contributed by atoms with Crippen LogP contribution in [0.5, 0.6) is 0 Å². The highest BCUT2D eigenvalue weighted by molar-refractivity contribution is 6.29. The molecule has 0 aliphatic heterocycles. The molecule has 1 rings (SSSR count). The molecule has 1 aromatic rings. The van der Waals surface area contributed by atoms with E-state index in [2.05, 4.69) is 20.6 Å². The van der Waals surface area contributed by atoms with Crippen LogP contribution in [0.4, 0.5) is 5.82 Å². The van der Waals surface area contributed by atoms with Crippen LogP contribution in [0.25, 0.3) is 0 Å². The number of carbonyl (C=O) groups is 1. The first-order valence-electron chi connectivity index (χ1n) is 7.30. The molecule has 21 heavy (non-hydrogen) atoms. The Morgan fingerprint density at radius 1 is 1.38 bits per heavy atom. The van der Waals surface area contributed by atoms with Crippen LogP contribution >= 0.6 is 11.6 Å². The lowest BCUT2D eigenvalue weighted by Crippen LogP contribution is -2.33. The number of rotatable bonds is 6.